The zero-order valence-corrected chi connectivity index (χ0v) is 13.0. The maximum absolute atomic E-state index is 12.3. The van der Waals surface area contributed by atoms with Crippen molar-refractivity contribution in [2.45, 2.75) is 57.9 Å². The van der Waals surface area contributed by atoms with Gasteiger partial charge in [0.1, 0.15) is 5.82 Å². The number of nitrogens with two attached hydrogens (primary N) is 1. The molecule has 22 heavy (non-hydrogen) atoms. The van der Waals surface area contributed by atoms with Crippen LogP contribution in [0.25, 0.3) is 0 Å². The molecule has 1 heterocycles. The second kappa shape index (κ2) is 7.88. The topological polar surface area (TPSA) is 115 Å². The molecule has 0 atom stereocenters. The number of hydrogen-bond donors (Lipinski definition) is 3. The Balaban J connectivity index is 2.10. The summed E-state index contributed by atoms with van der Waals surface area (Å²) >= 11 is 0. The van der Waals surface area contributed by atoms with Crippen LogP contribution in [0.3, 0.4) is 0 Å². The molecular weight excluding hydrogens is 284 g/mol. The van der Waals surface area contributed by atoms with Gasteiger partial charge in [0, 0.05) is 25.4 Å². The highest BCUT2D eigenvalue weighted by molar-refractivity contribution is 5.92. The van der Waals surface area contributed by atoms with Crippen molar-refractivity contribution in [2.24, 2.45) is 5.73 Å². The molecule has 1 fully saturated rings. The van der Waals surface area contributed by atoms with Gasteiger partial charge in [-0.3, -0.25) is 20.4 Å². The summed E-state index contributed by atoms with van der Waals surface area (Å²) in [5, 5.41) is 8.12. The Labute approximate surface area is 129 Å². The van der Waals surface area contributed by atoms with Crippen molar-refractivity contribution in [3.8, 4) is 0 Å². The van der Waals surface area contributed by atoms with Crippen LogP contribution in [0.2, 0.25) is 0 Å². The average Bonchev–Trinajstić information content (AvgIpc) is 2.97. The minimum Gasteiger partial charge on any atom is -0.330 e. The third kappa shape index (κ3) is 3.82. The van der Waals surface area contributed by atoms with Gasteiger partial charge in [-0.05, 0) is 12.8 Å². The van der Waals surface area contributed by atoms with E-state index in [4.69, 9.17) is 5.73 Å². The second-order valence-corrected chi connectivity index (χ2v) is 5.50. The minimum absolute atomic E-state index is 0.163. The fraction of sp³-hybridized carbons (Fsp3) is 0.714. The van der Waals surface area contributed by atoms with Gasteiger partial charge in [-0.1, -0.05) is 26.2 Å². The molecule has 0 spiro atoms. The molecule has 1 aliphatic rings. The lowest BCUT2D eigenvalue weighted by Gasteiger charge is -2.25. The number of carbonyl (C=O) groups is 2. The molecule has 0 bridgehead atoms. The van der Waals surface area contributed by atoms with E-state index in [1.54, 1.807) is 0 Å². The number of carbonyl (C=O) groups excluding carboxylic acids is 2. The summed E-state index contributed by atoms with van der Waals surface area (Å²) in [4.78, 5) is 23.6. The SMILES string of the molecule is CCc1nnc(C(=O)NNC(=O)CCN)n1C1CCCCC1. The number of aryl methyl sites for hydroxylation is 1. The summed E-state index contributed by atoms with van der Waals surface area (Å²) < 4.78 is 1.93. The van der Waals surface area contributed by atoms with Crippen molar-refractivity contribution in [3.05, 3.63) is 11.6 Å². The molecule has 0 saturated heterocycles. The van der Waals surface area contributed by atoms with Gasteiger partial charge < -0.3 is 10.3 Å². The lowest BCUT2D eigenvalue weighted by Crippen LogP contribution is -2.43. The van der Waals surface area contributed by atoms with Crippen LogP contribution in [0, 0.1) is 0 Å². The predicted molar refractivity (Wildman–Crippen MR) is 80.8 cm³/mol. The smallest absolute Gasteiger partial charge is 0.307 e. The third-order valence-corrected chi connectivity index (χ3v) is 3.91. The second-order valence-electron chi connectivity index (χ2n) is 5.50. The first kappa shape index (κ1) is 16.4. The third-order valence-electron chi connectivity index (χ3n) is 3.91. The van der Waals surface area contributed by atoms with Crippen molar-refractivity contribution < 1.29 is 9.59 Å². The number of aromatic nitrogens is 3. The van der Waals surface area contributed by atoms with Crippen LogP contribution in [-0.2, 0) is 11.2 Å². The maximum atomic E-state index is 12.3. The lowest BCUT2D eigenvalue weighted by atomic mass is 9.95. The van der Waals surface area contributed by atoms with E-state index in [1.165, 1.54) is 6.42 Å². The van der Waals surface area contributed by atoms with Crippen LogP contribution in [0.5, 0.6) is 0 Å². The molecule has 8 nitrogen and oxygen atoms in total. The van der Waals surface area contributed by atoms with Gasteiger partial charge in [0.2, 0.25) is 11.7 Å². The van der Waals surface area contributed by atoms with E-state index in [1.807, 2.05) is 11.5 Å². The van der Waals surface area contributed by atoms with Crippen molar-refractivity contribution in [1.82, 2.24) is 25.6 Å². The summed E-state index contributed by atoms with van der Waals surface area (Å²) in [5.74, 6) is 0.306. The van der Waals surface area contributed by atoms with Gasteiger partial charge in [-0.2, -0.15) is 0 Å². The van der Waals surface area contributed by atoms with Crippen LogP contribution in [0.4, 0.5) is 0 Å². The Morgan fingerprint density at radius 2 is 1.95 bits per heavy atom. The van der Waals surface area contributed by atoms with Gasteiger partial charge in [-0.25, -0.2) is 0 Å². The van der Waals surface area contributed by atoms with Crippen molar-refractivity contribution in [1.29, 1.82) is 0 Å². The van der Waals surface area contributed by atoms with Crippen LogP contribution < -0.4 is 16.6 Å². The van der Waals surface area contributed by atoms with E-state index < -0.39 is 5.91 Å². The average molecular weight is 308 g/mol. The highest BCUT2D eigenvalue weighted by Crippen LogP contribution is 2.29. The number of hydrazine groups is 1. The van der Waals surface area contributed by atoms with Crippen molar-refractivity contribution in [2.75, 3.05) is 6.54 Å². The molecule has 2 amide bonds. The summed E-state index contributed by atoms with van der Waals surface area (Å²) in [7, 11) is 0. The van der Waals surface area contributed by atoms with E-state index in [-0.39, 0.29) is 30.7 Å². The van der Waals surface area contributed by atoms with Gasteiger partial charge >= 0.3 is 5.91 Å². The molecule has 1 aromatic rings. The Kier molecular flexibility index (Phi) is 5.88. The van der Waals surface area contributed by atoms with E-state index in [2.05, 4.69) is 21.0 Å². The van der Waals surface area contributed by atoms with Crippen LogP contribution in [-0.4, -0.2) is 33.1 Å². The van der Waals surface area contributed by atoms with Crippen LogP contribution >= 0.6 is 0 Å². The quantitative estimate of drug-likeness (QED) is 0.683. The zero-order chi connectivity index (χ0) is 15.9. The molecule has 0 radical (unpaired) electrons. The summed E-state index contributed by atoms with van der Waals surface area (Å²) in [6.45, 7) is 2.23. The molecule has 1 aromatic heterocycles. The van der Waals surface area contributed by atoms with Crippen molar-refractivity contribution >= 4 is 11.8 Å². The van der Waals surface area contributed by atoms with E-state index in [0.29, 0.717) is 0 Å². The molecule has 0 unspecified atom stereocenters. The van der Waals surface area contributed by atoms with E-state index in [9.17, 15) is 9.59 Å². The standard InChI is InChI=1S/C14H24N6O2/c1-2-11-16-18-13(14(22)19-17-12(21)8-9-15)20(11)10-6-4-3-5-7-10/h10H,2-9,15H2,1H3,(H,17,21)(H,19,22). The monoisotopic (exact) mass is 308 g/mol. The van der Waals surface area contributed by atoms with E-state index in [0.717, 1.165) is 37.9 Å². The molecule has 0 aliphatic heterocycles. The largest absolute Gasteiger partial charge is 0.330 e. The van der Waals surface area contributed by atoms with E-state index >= 15 is 0 Å². The summed E-state index contributed by atoms with van der Waals surface area (Å²) in [6, 6.07) is 0.263. The molecule has 4 N–H and O–H groups in total. The number of amides is 2. The Morgan fingerprint density at radius 3 is 2.59 bits per heavy atom. The molecule has 2 rings (SSSR count). The molecule has 122 valence electrons. The molecular formula is C14H24N6O2. The first-order chi connectivity index (χ1) is 10.7. The fourth-order valence-electron chi connectivity index (χ4n) is 2.82. The van der Waals surface area contributed by atoms with Gasteiger partial charge in [0.25, 0.3) is 0 Å². The maximum Gasteiger partial charge on any atom is 0.307 e. The fourth-order valence-corrected chi connectivity index (χ4v) is 2.82. The van der Waals surface area contributed by atoms with Crippen molar-refractivity contribution in [3.63, 3.8) is 0 Å². The number of hydrogen-bond acceptors (Lipinski definition) is 5. The van der Waals surface area contributed by atoms with Gasteiger partial charge in [0.05, 0.1) is 0 Å². The molecule has 8 heteroatoms. The molecule has 0 aromatic carbocycles. The van der Waals surface area contributed by atoms with Gasteiger partial charge in [-0.15, -0.1) is 10.2 Å². The highest BCUT2D eigenvalue weighted by Gasteiger charge is 2.25. The zero-order valence-electron chi connectivity index (χ0n) is 13.0. The Bertz CT molecular complexity index is 521. The predicted octanol–water partition coefficient (Wildman–Crippen LogP) is 0.456. The summed E-state index contributed by atoms with van der Waals surface area (Å²) in [6.07, 6.45) is 6.49. The lowest BCUT2D eigenvalue weighted by molar-refractivity contribution is -0.121. The summed E-state index contributed by atoms with van der Waals surface area (Å²) in [5.41, 5.74) is 10.0. The number of nitrogens with one attached hydrogen (secondary N) is 2. The first-order valence-corrected chi connectivity index (χ1v) is 7.90. The number of rotatable bonds is 5. The molecule has 1 aliphatic carbocycles. The Hall–Kier alpha value is -1.96. The highest BCUT2D eigenvalue weighted by atomic mass is 16.2. The van der Waals surface area contributed by atoms with Crippen LogP contribution in [0.15, 0.2) is 0 Å². The van der Waals surface area contributed by atoms with Crippen LogP contribution in [0.1, 0.15) is 67.9 Å². The normalized spacial score (nSPS) is 15.5. The minimum atomic E-state index is -0.442. The van der Waals surface area contributed by atoms with Gasteiger partial charge in [0.15, 0.2) is 0 Å². The number of nitrogens with zero attached hydrogens (tertiary/aromatic N) is 3. The molecule has 1 saturated carbocycles. The Morgan fingerprint density at radius 1 is 1.23 bits per heavy atom. The first-order valence-electron chi connectivity index (χ1n) is 7.90.